The number of rotatable bonds is 9. The second kappa shape index (κ2) is 10.1. The van der Waals surface area contributed by atoms with Gasteiger partial charge in [0.1, 0.15) is 11.5 Å². The van der Waals surface area contributed by atoms with E-state index in [2.05, 4.69) is 5.32 Å². The van der Waals surface area contributed by atoms with E-state index in [1.165, 1.54) is 12.1 Å². The van der Waals surface area contributed by atoms with Crippen LogP contribution in [0, 0.1) is 10.1 Å². The van der Waals surface area contributed by atoms with E-state index in [9.17, 15) is 19.7 Å². The molecule has 0 aliphatic heterocycles. The molecule has 0 spiro atoms. The number of hydrogen-bond donors (Lipinski definition) is 1. The maximum absolute atomic E-state index is 11.8. The Balaban J connectivity index is 1.74. The monoisotopic (exact) mass is 408 g/mol. The maximum Gasteiger partial charge on any atom is 0.309 e. The van der Waals surface area contributed by atoms with Crippen LogP contribution in [0.25, 0.3) is 0 Å². The highest BCUT2D eigenvalue weighted by molar-refractivity contribution is 6.33. The second-order valence-electron chi connectivity index (χ2n) is 5.40. The van der Waals surface area contributed by atoms with Crippen LogP contribution in [0.2, 0.25) is 5.02 Å². The molecule has 1 N–H and O–H groups in total. The molecule has 0 atom stereocenters. The largest absolute Gasteiger partial charge is 0.497 e. The van der Waals surface area contributed by atoms with Gasteiger partial charge in [-0.15, -0.1) is 0 Å². The predicted octanol–water partition coefficient (Wildman–Crippen LogP) is 3.21. The van der Waals surface area contributed by atoms with Gasteiger partial charge in [0.15, 0.2) is 6.61 Å². The number of benzene rings is 2. The van der Waals surface area contributed by atoms with E-state index < -0.39 is 23.4 Å². The van der Waals surface area contributed by atoms with E-state index in [1.54, 1.807) is 31.4 Å². The second-order valence-corrected chi connectivity index (χ2v) is 5.81. The SMILES string of the molecule is COc1ccc(OCCC(=O)OCC(=O)Nc2cc([N+](=O)[O-])ccc2Cl)cc1. The molecule has 2 aromatic rings. The van der Waals surface area contributed by atoms with Crippen LogP contribution < -0.4 is 14.8 Å². The lowest BCUT2D eigenvalue weighted by Crippen LogP contribution is -2.21. The van der Waals surface area contributed by atoms with Crippen molar-refractivity contribution in [2.45, 2.75) is 6.42 Å². The normalized spacial score (nSPS) is 10.1. The van der Waals surface area contributed by atoms with Crippen LogP contribution in [0.3, 0.4) is 0 Å². The first kappa shape index (κ1) is 21.0. The molecule has 0 bridgehead atoms. The number of halogens is 1. The highest BCUT2D eigenvalue weighted by Crippen LogP contribution is 2.26. The van der Waals surface area contributed by atoms with Crippen molar-refractivity contribution < 1.29 is 28.7 Å². The molecule has 0 saturated heterocycles. The molecule has 2 aromatic carbocycles. The number of nitrogens with one attached hydrogen (secondary N) is 1. The summed E-state index contributed by atoms with van der Waals surface area (Å²) in [6, 6.07) is 10.4. The summed E-state index contributed by atoms with van der Waals surface area (Å²) in [6.45, 7) is -0.482. The number of hydrogen-bond acceptors (Lipinski definition) is 7. The third kappa shape index (κ3) is 6.44. The first-order valence-electron chi connectivity index (χ1n) is 8.05. The van der Waals surface area contributed by atoms with Gasteiger partial charge in [-0.2, -0.15) is 0 Å². The van der Waals surface area contributed by atoms with Crippen molar-refractivity contribution in [3.05, 3.63) is 57.6 Å². The van der Waals surface area contributed by atoms with Crippen LogP contribution in [0.4, 0.5) is 11.4 Å². The number of non-ortho nitro benzene ring substituents is 1. The van der Waals surface area contributed by atoms with Gasteiger partial charge in [0.25, 0.3) is 11.6 Å². The van der Waals surface area contributed by atoms with Gasteiger partial charge in [0, 0.05) is 12.1 Å². The maximum atomic E-state index is 11.8. The molecule has 0 radical (unpaired) electrons. The molecule has 0 aromatic heterocycles. The van der Waals surface area contributed by atoms with Gasteiger partial charge in [-0.1, -0.05) is 11.6 Å². The lowest BCUT2D eigenvalue weighted by atomic mass is 10.3. The Morgan fingerprint density at radius 2 is 1.82 bits per heavy atom. The van der Waals surface area contributed by atoms with E-state index in [4.69, 9.17) is 25.8 Å². The number of ether oxygens (including phenoxy) is 3. The summed E-state index contributed by atoms with van der Waals surface area (Å²) in [5.74, 6) is -0.0612. The van der Waals surface area contributed by atoms with Crippen LogP contribution in [0.5, 0.6) is 11.5 Å². The lowest BCUT2D eigenvalue weighted by Gasteiger charge is -2.09. The molecule has 2 rings (SSSR count). The van der Waals surface area contributed by atoms with Crippen LogP contribution in [0.15, 0.2) is 42.5 Å². The van der Waals surface area contributed by atoms with Gasteiger partial charge < -0.3 is 19.5 Å². The zero-order chi connectivity index (χ0) is 20.5. The van der Waals surface area contributed by atoms with Crippen molar-refractivity contribution in [2.75, 3.05) is 25.6 Å². The highest BCUT2D eigenvalue weighted by atomic mass is 35.5. The minimum Gasteiger partial charge on any atom is -0.497 e. The predicted molar refractivity (Wildman–Crippen MR) is 101 cm³/mol. The van der Waals surface area contributed by atoms with Gasteiger partial charge in [0.05, 0.1) is 35.8 Å². The number of carbonyl (C=O) groups is 2. The summed E-state index contributed by atoms with van der Waals surface area (Å²) in [7, 11) is 1.55. The summed E-state index contributed by atoms with van der Waals surface area (Å²) in [5.41, 5.74) is -0.174. The Bertz CT molecular complexity index is 856. The minimum atomic E-state index is -0.674. The molecule has 0 saturated carbocycles. The molecule has 9 nitrogen and oxygen atoms in total. The fourth-order valence-electron chi connectivity index (χ4n) is 2.05. The highest BCUT2D eigenvalue weighted by Gasteiger charge is 2.13. The number of nitro groups is 1. The molecule has 0 heterocycles. The summed E-state index contributed by atoms with van der Waals surface area (Å²) >= 11 is 5.88. The van der Waals surface area contributed by atoms with Crippen LogP contribution in [0.1, 0.15) is 6.42 Å². The molecule has 148 valence electrons. The van der Waals surface area contributed by atoms with Gasteiger partial charge in [-0.25, -0.2) is 0 Å². The van der Waals surface area contributed by atoms with E-state index >= 15 is 0 Å². The fraction of sp³-hybridized carbons (Fsp3) is 0.222. The number of nitro benzene ring substituents is 1. The van der Waals surface area contributed by atoms with Crippen molar-refractivity contribution in [1.82, 2.24) is 0 Å². The van der Waals surface area contributed by atoms with E-state index in [0.29, 0.717) is 11.5 Å². The summed E-state index contributed by atoms with van der Waals surface area (Å²) in [4.78, 5) is 33.7. The molecular weight excluding hydrogens is 392 g/mol. The van der Waals surface area contributed by atoms with Crippen molar-refractivity contribution in [1.29, 1.82) is 0 Å². The first-order valence-corrected chi connectivity index (χ1v) is 8.43. The number of nitrogens with zero attached hydrogens (tertiary/aromatic N) is 1. The van der Waals surface area contributed by atoms with E-state index in [0.717, 1.165) is 6.07 Å². The Hall–Kier alpha value is -3.33. The summed E-state index contributed by atoms with van der Waals surface area (Å²) in [6.07, 6.45) is -0.0587. The number of carbonyl (C=O) groups excluding carboxylic acids is 2. The zero-order valence-corrected chi connectivity index (χ0v) is 15.6. The van der Waals surface area contributed by atoms with E-state index in [-0.39, 0.29) is 29.4 Å². The van der Waals surface area contributed by atoms with Gasteiger partial charge in [-0.3, -0.25) is 19.7 Å². The Labute approximate surface area is 165 Å². The van der Waals surface area contributed by atoms with Crippen LogP contribution >= 0.6 is 11.6 Å². The van der Waals surface area contributed by atoms with Crippen molar-refractivity contribution >= 4 is 34.9 Å². The third-order valence-corrected chi connectivity index (χ3v) is 3.76. The molecule has 0 unspecified atom stereocenters. The van der Waals surface area contributed by atoms with Gasteiger partial charge >= 0.3 is 5.97 Å². The van der Waals surface area contributed by atoms with Gasteiger partial charge in [-0.05, 0) is 30.3 Å². The fourth-order valence-corrected chi connectivity index (χ4v) is 2.22. The zero-order valence-electron chi connectivity index (χ0n) is 14.8. The van der Waals surface area contributed by atoms with Crippen LogP contribution in [-0.4, -0.2) is 37.1 Å². The number of esters is 1. The standard InChI is InChI=1S/C18H17ClN2O7/c1-26-13-3-5-14(6-4-13)27-9-8-18(23)28-11-17(22)20-16-10-12(21(24)25)2-7-15(16)19/h2-7,10H,8-9,11H2,1H3,(H,20,22). The first-order chi connectivity index (χ1) is 13.4. The number of anilines is 1. The van der Waals surface area contributed by atoms with Crippen LogP contribution in [-0.2, 0) is 14.3 Å². The lowest BCUT2D eigenvalue weighted by molar-refractivity contribution is -0.384. The number of amides is 1. The topological polar surface area (TPSA) is 117 Å². The molecule has 0 fully saturated rings. The average molecular weight is 409 g/mol. The Morgan fingerprint density at radius 3 is 2.46 bits per heavy atom. The van der Waals surface area contributed by atoms with Crippen molar-refractivity contribution in [3.63, 3.8) is 0 Å². The van der Waals surface area contributed by atoms with Crippen molar-refractivity contribution in [3.8, 4) is 11.5 Å². The van der Waals surface area contributed by atoms with E-state index in [1.807, 2.05) is 0 Å². The molecule has 0 aliphatic carbocycles. The minimum absolute atomic E-state index is 0.0553. The molecule has 28 heavy (non-hydrogen) atoms. The number of methoxy groups -OCH3 is 1. The van der Waals surface area contributed by atoms with Crippen molar-refractivity contribution in [2.24, 2.45) is 0 Å². The quantitative estimate of drug-likeness (QED) is 0.384. The molecule has 0 aliphatic rings. The molecular formula is C18H17ClN2O7. The smallest absolute Gasteiger partial charge is 0.309 e. The molecule has 1 amide bonds. The van der Waals surface area contributed by atoms with Gasteiger partial charge in [0.2, 0.25) is 0 Å². The summed E-state index contributed by atoms with van der Waals surface area (Å²) in [5, 5.41) is 13.2. The molecule has 10 heteroatoms. The third-order valence-electron chi connectivity index (χ3n) is 3.43. The Morgan fingerprint density at radius 1 is 1.14 bits per heavy atom. The summed E-state index contributed by atoms with van der Waals surface area (Å²) < 4.78 is 15.3. The Kier molecular flexibility index (Phi) is 7.58. The average Bonchev–Trinajstić information content (AvgIpc) is 2.68.